The lowest BCUT2D eigenvalue weighted by molar-refractivity contribution is 0.102. The summed E-state index contributed by atoms with van der Waals surface area (Å²) in [5.41, 5.74) is 0.852. The summed E-state index contributed by atoms with van der Waals surface area (Å²) in [5.74, 6) is 1.53. The molecule has 1 saturated carbocycles. The molecule has 3 rings (SSSR count). The van der Waals surface area contributed by atoms with Crippen molar-refractivity contribution in [2.24, 2.45) is 0 Å². The zero-order valence-corrected chi connectivity index (χ0v) is 14.4. The molecule has 1 fully saturated rings. The third kappa shape index (κ3) is 4.17. The lowest BCUT2D eigenvalue weighted by Crippen LogP contribution is -2.18. The predicted molar refractivity (Wildman–Crippen MR) is 95.4 cm³/mol. The molecule has 0 spiro atoms. The molecule has 1 aromatic carbocycles. The van der Waals surface area contributed by atoms with Crippen molar-refractivity contribution in [1.82, 2.24) is 9.97 Å². The van der Waals surface area contributed by atoms with E-state index in [0.29, 0.717) is 34.7 Å². The van der Waals surface area contributed by atoms with Gasteiger partial charge in [0.25, 0.3) is 5.91 Å². The van der Waals surface area contributed by atoms with Gasteiger partial charge in [-0.2, -0.15) is 0 Å². The van der Waals surface area contributed by atoms with Crippen LogP contribution in [-0.2, 0) is 0 Å². The zero-order valence-electron chi connectivity index (χ0n) is 14.4. The minimum atomic E-state index is -0.319. The molecule has 0 radical (unpaired) electrons. The summed E-state index contributed by atoms with van der Waals surface area (Å²) in [6.07, 6.45) is 6.13. The maximum atomic E-state index is 12.5. The largest absolute Gasteiger partial charge is 0.497 e. The fraction of sp³-hybridized carbons (Fsp3) is 0.389. The van der Waals surface area contributed by atoms with Gasteiger partial charge in [0, 0.05) is 18.2 Å². The number of carbonyl (C=O) groups is 1. The van der Waals surface area contributed by atoms with Gasteiger partial charge in [0.15, 0.2) is 0 Å². The smallest absolute Gasteiger partial charge is 0.274 e. The van der Waals surface area contributed by atoms with Gasteiger partial charge in [0.1, 0.15) is 29.3 Å². The Labute approximate surface area is 146 Å². The van der Waals surface area contributed by atoms with Crippen LogP contribution in [0.5, 0.6) is 11.5 Å². The fourth-order valence-electron chi connectivity index (χ4n) is 2.93. The Balaban J connectivity index is 1.72. The highest BCUT2D eigenvalue weighted by atomic mass is 16.5. The van der Waals surface area contributed by atoms with Crippen LogP contribution in [0, 0.1) is 0 Å². The molecular weight excluding hydrogens is 320 g/mol. The topological polar surface area (TPSA) is 85.4 Å². The van der Waals surface area contributed by atoms with Crippen molar-refractivity contribution in [3.8, 4) is 11.5 Å². The molecule has 1 aliphatic carbocycles. The van der Waals surface area contributed by atoms with E-state index in [1.54, 1.807) is 38.5 Å². The maximum Gasteiger partial charge on any atom is 0.274 e. The van der Waals surface area contributed by atoms with Crippen LogP contribution in [0.4, 0.5) is 11.5 Å². The zero-order chi connectivity index (χ0) is 17.6. The number of amides is 1. The first-order valence-corrected chi connectivity index (χ1v) is 8.31. The van der Waals surface area contributed by atoms with Gasteiger partial charge in [-0.05, 0) is 25.0 Å². The van der Waals surface area contributed by atoms with E-state index in [1.165, 1.54) is 19.2 Å². The summed E-state index contributed by atoms with van der Waals surface area (Å²) < 4.78 is 10.5. The molecular formula is C18H22N4O3. The number of hydrogen-bond acceptors (Lipinski definition) is 6. The Morgan fingerprint density at radius 2 is 1.92 bits per heavy atom. The first kappa shape index (κ1) is 17.0. The number of nitrogens with one attached hydrogen (secondary N) is 2. The van der Waals surface area contributed by atoms with Gasteiger partial charge in [0.05, 0.1) is 19.9 Å². The van der Waals surface area contributed by atoms with E-state index in [-0.39, 0.29) is 5.91 Å². The number of nitrogens with zero attached hydrogens (tertiary/aromatic N) is 2. The molecule has 7 heteroatoms. The second kappa shape index (κ2) is 7.83. The van der Waals surface area contributed by atoms with Gasteiger partial charge in [-0.3, -0.25) is 4.79 Å². The number of hydrogen-bond donors (Lipinski definition) is 2. The van der Waals surface area contributed by atoms with Crippen LogP contribution in [0.15, 0.2) is 30.6 Å². The summed E-state index contributed by atoms with van der Waals surface area (Å²) in [6.45, 7) is 0. The van der Waals surface area contributed by atoms with E-state index < -0.39 is 0 Å². The van der Waals surface area contributed by atoms with Crippen molar-refractivity contribution in [1.29, 1.82) is 0 Å². The lowest BCUT2D eigenvalue weighted by Gasteiger charge is -2.13. The maximum absolute atomic E-state index is 12.5. The van der Waals surface area contributed by atoms with Crippen molar-refractivity contribution in [3.05, 3.63) is 36.3 Å². The van der Waals surface area contributed by atoms with Gasteiger partial charge >= 0.3 is 0 Å². The highest BCUT2D eigenvalue weighted by molar-refractivity contribution is 6.04. The van der Waals surface area contributed by atoms with Crippen LogP contribution in [-0.4, -0.2) is 36.1 Å². The minimum Gasteiger partial charge on any atom is -0.497 e. The Bertz CT molecular complexity index is 745. The molecule has 132 valence electrons. The van der Waals surface area contributed by atoms with Crippen LogP contribution < -0.4 is 20.1 Å². The molecule has 0 saturated heterocycles. The fourth-order valence-corrected chi connectivity index (χ4v) is 2.93. The van der Waals surface area contributed by atoms with Crippen molar-refractivity contribution in [2.45, 2.75) is 31.7 Å². The van der Waals surface area contributed by atoms with Crippen LogP contribution in [0.3, 0.4) is 0 Å². The van der Waals surface area contributed by atoms with E-state index in [0.717, 1.165) is 12.8 Å². The molecule has 1 heterocycles. The van der Waals surface area contributed by atoms with Crippen LogP contribution in [0.1, 0.15) is 36.2 Å². The molecule has 0 unspecified atom stereocenters. The van der Waals surface area contributed by atoms with Crippen LogP contribution in [0.2, 0.25) is 0 Å². The van der Waals surface area contributed by atoms with E-state index in [4.69, 9.17) is 9.47 Å². The Kier molecular flexibility index (Phi) is 5.33. The Morgan fingerprint density at radius 3 is 2.64 bits per heavy atom. The van der Waals surface area contributed by atoms with E-state index in [9.17, 15) is 4.79 Å². The second-order valence-corrected chi connectivity index (χ2v) is 5.93. The molecule has 1 aromatic heterocycles. The first-order valence-electron chi connectivity index (χ1n) is 8.31. The van der Waals surface area contributed by atoms with Gasteiger partial charge in [-0.15, -0.1) is 0 Å². The van der Waals surface area contributed by atoms with E-state index >= 15 is 0 Å². The van der Waals surface area contributed by atoms with E-state index in [2.05, 4.69) is 20.6 Å². The van der Waals surface area contributed by atoms with Gasteiger partial charge < -0.3 is 20.1 Å². The lowest BCUT2D eigenvalue weighted by atomic mass is 10.2. The molecule has 0 aliphatic heterocycles. The quantitative estimate of drug-likeness (QED) is 0.839. The molecule has 1 amide bonds. The highest BCUT2D eigenvalue weighted by Crippen LogP contribution is 2.29. The summed E-state index contributed by atoms with van der Waals surface area (Å²) in [5, 5.41) is 6.18. The van der Waals surface area contributed by atoms with Crippen molar-refractivity contribution in [3.63, 3.8) is 0 Å². The normalized spacial score (nSPS) is 14.2. The van der Waals surface area contributed by atoms with Gasteiger partial charge in [0.2, 0.25) is 0 Å². The molecule has 2 aromatic rings. The third-order valence-electron chi connectivity index (χ3n) is 4.26. The number of rotatable bonds is 6. The van der Waals surface area contributed by atoms with Crippen molar-refractivity contribution < 1.29 is 14.3 Å². The Hall–Kier alpha value is -2.83. The average molecular weight is 342 g/mol. The number of anilines is 2. The van der Waals surface area contributed by atoms with Gasteiger partial charge in [-0.25, -0.2) is 9.97 Å². The summed E-state index contributed by atoms with van der Waals surface area (Å²) in [4.78, 5) is 20.8. The van der Waals surface area contributed by atoms with Gasteiger partial charge in [-0.1, -0.05) is 12.8 Å². The summed E-state index contributed by atoms with van der Waals surface area (Å²) in [6, 6.07) is 7.29. The SMILES string of the molecule is COc1ccc(NC(=O)c2cc(NC3CCCC3)ncn2)c(OC)c1. The van der Waals surface area contributed by atoms with Crippen LogP contribution in [0.25, 0.3) is 0 Å². The molecule has 25 heavy (non-hydrogen) atoms. The van der Waals surface area contributed by atoms with Crippen LogP contribution >= 0.6 is 0 Å². The average Bonchev–Trinajstić information content (AvgIpc) is 3.15. The minimum absolute atomic E-state index is 0.299. The summed E-state index contributed by atoms with van der Waals surface area (Å²) in [7, 11) is 3.12. The Morgan fingerprint density at radius 1 is 1.12 bits per heavy atom. The molecule has 2 N–H and O–H groups in total. The number of methoxy groups -OCH3 is 2. The molecule has 0 bridgehead atoms. The summed E-state index contributed by atoms with van der Waals surface area (Å²) >= 11 is 0. The van der Waals surface area contributed by atoms with E-state index in [1.807, 2.05) is 0 Å². The highest BCUT2D eigenvalue weighted by Gasteiger charge is 2.17. The number of aromatic nitrogens is 2. The number of ether oxygens (including phenoxy) is 2. The first-order chi connectivity index (χ1) is 12.2. The molecule has 0 atom stereocenters. The predicted octanol–water partition coefficient (Wildman–Crippen LogP) is 3.10. The molecule has 7 nitrogen and oxygen atoms in total. The molecule has 1 aliphatic rings. The third-order valence-corrected chi connectivity index (χ3v) is 4.26. The monoisotopic (exact) mass is 342 g/mol. The van der Waals surface area contributed by atoms with Crippen molar-refractivity contribution in [2.75, 3.05) is 24.9 Å². The standard InChI is InChI=1S/C18H22N4O3/c1-24-13-7-8-14(16(9-13)25-2)22-18(23)15-10-17(20-11-19-15)21-12-5-3-4-6-12/h7-12H,3-6H2,1-2H3,(H,22,23)(H,19,20,21). The second-order valence-electron chi connectivity index (χ2n) is 5.93. The number of carbonyl (C=O) groups excluding carboxylic acids is 1. The van der Waals surface area contributed by atoms with Crippen molar-refractivity contribution >= 4 is 17.4 Å². The number of benzene rings is 1.